The fraction of sp³-hybridized carbons (Fsp3) is 0.500. The Morgan fingerprint density at radius 3 is 2.33 bits per heavy atom. The fourth-order valence-corrected chi connectivity index (χ4v) is 2.77. The van der Waals surface area contributed by atoms with Crippen LogP contribution in [0.25, 0.3) is 0 Å². The average molecular weight is 291 g/mol. The highest BCUT2D eigenvalue weighted by Crippen LogP contribution is 2.29. The molecule has 21 heavy (non-hydrogen) atoms. The van der Waals surface area contributed by atoms with Gasteiger partial charge < -0.3 is 15.5 Å². The topological polar surface area (TPSA) is 86.6 Å². The number of carbonyl (C=O) groups is 2. The molecule has 0 heterocycles. The van der Waals surface area contributed by atoms with Gasteiger partial charge in [0.1, 0.15) is 0 Å². The molecule has 2 rings (SSSR count). The first-order valence-electron chi connectivity index (χ1n) is 7.29. The van der Waals surface area contributed by atoms with Crippen LogP contribution in [0, 0.1) is 11.8 Å². The Labute approximate surface area is 124 Å². The lowest BCUT2D eigenvalue weighted by Crippen LogP contribution is -2.34. The van der Waals surface area contributed by atoms with Crippen molar-refractivity contribution >= 4 is 11.9 Å². The van der Waals surface area contributed by atoms with Crippen molar-refractivity contribution < 1.29 is 19.8 Å². The minimum absolute atomic E-state index is 0.00626. The molecule has 0 radical (unpaired) electrons. The molecule has 1 aromatic carbocycles. The van der Waals surface area contributed by atoms with Gasteiger partial charge in [0.15, 0.2) is 0 Å². The van der Waals surface area contributed by atoms with E-state index in [9.17, 15) is 9.59 Å². The van der Waals surface area contributed by atoms with Gasteiger partial charge in [0.2, 0.25) is 5.91 Å². The summed E-state index contributed by atoms with van der Waals surface area (Å²) in [5.74, 6) is -1.14. The first-order valence-corrected chi connectivity index (χ1v) is 7.29. The molecule has 1 aliphatic rings. The van der Waals surface area contributed by atoms with Gasteiger partial charge in [0, 0.05) is 12.5 Å². The van der Waals surface area contributed by atoms with E-state index in [1.165, 1.54) is 0 Å². The fourth-order valence-electron chi connectivity index (χ4n) is 2.77. The molecule has 0 unspecified atom stereocenters. The zero-order valence-electron chi connectivity index (χ0n) is 11.9. The van der Waals surface area contributed by atoms with Crippen molar-refractivity contribution in [2.75, 3.05) is 0 Å². The highest BCUT2D eigenvalue weighted by Gasteiger charge is 2.29. The lowest BCUT2D eigenvalue weighted by atomic mass is 9.81. The first-order chi connectivity index (χ1) is 10.1. The summed E-state index contributed by atoms with van der Waals surface area (Å²) in [6.07, 6.45) is 2.43. The van der Waals surface area contributed by atoms with Gasteiger partial charge in [-0.25, -0.2) is 0 Å². The average Bonchev–Trinajstić information content (AvgIpc) is 2.53. The number of aliphatic carboxylic acids is 1. The number of rotatable bonds is 5. The molecule has 0 saturated heterocycles. The Kier molecular flexibility index (Phi) is 5.33. The minimum Gasteiger partial charge on any atom is -0.481 e. The van der Waals surface area contributed by atoms with Crippen LogP contribution < -0.4 is 5.32 Å². The van der Waals surface area contributed by atoms with Crippen molar-refractivity contribution in [3.63, 3.8) is 0 Å². The number of nitrogens with one attached hydrogen (secondary N) is 1. The van der Waals surface area contributed by atoms with Crippen LogP contribution in [-0.2, 0) is 22.7 Å². The van der Waals surface area contributed by atoms with Crippen LogP contribution in [0.1, 0.15) is 36.8 Å². The Morgan fingerprint density at radius 1 is 1.10 bits per heavy atom. The second-order valence-corrected chi connectivity index (χ2v) is 5.58. The molecule has 0 spiro atoms. The van der Waals surface area contributed by atoms with Gasteiger partial charge in [0.25, 0.3) is 0 Å². The number of hydrogen-bond donors (Lipinski definition) is 3. The largest absolute Gasteiger partial charge is 0.481 e. The molecule has 1 amide bonds. The van der Waals surface area contributed by atoms with Crippen molar-refractivity contribution in [3.05, 3.63) is 35.4 Å². The molecule has 1 aliphatic carbocycles. The van der Waals surface area contributed by atoms with Crippen LogP contribution in [0.3, 0.4) is 0 Å². The Balaban J connectivity index is 1.81. The lowest BCUT2D eigenvalue weighted by Gasteiger charge is -2.25. The summed E-state index contributed by atoms with van der Waals surface area (Å²) in [4.78, 5) is 23.0. The van der Waals surface area contributed by atoms with E-state index in [1.807, 2.05) is 24.3 Å². The van der Waals surface area contributed by atoms with Crippen LogP contribution in [0.4, 0.5) is 0 Å². The van der Waals surface area contributed by atoms with Crippen LogP contribution in [0.5, 0.6) is 0 Å². The van der Waals surface area contributed by atoms with Gasteiger partial charge in [-0.3, -0.25) is 9.59 Å². The third kappa shape index (κ3) is 4.29. The monoisotopic (exact) mass is 291 g/mol. The summed E-state index contributed by atoms with van der Waals surface area (Å²) < 4.78 is 0. The van der Waals surface area contributed by atoms with Crippen LogP contribution in [0.15, 0.2) is 24.3 Å². The summed E-state index contributed by atoms with van der Waals surface area (Å²) in [5, 5.41) is 20.9. The molecule has 1 aromatic rings. The van der Waals surface area contributed by atoms with E-state index >= 15 is 0 Å². The molecule has 0 aromatic heterocycles. The summed E-state index contributed by atoms with van der Waals surface area (Å²) in [7, 11) is 0. The van der Waals surface area contributed by atoms with E-state index in [2.05, 4.69) is 5.32 Å². The lowest BCUT2D eigenvalue weighted by molar-refractivity contribution is -0.144. The van der Waals surface area contributed by atoms with Crippen molar-refractivity contribution in [1.29, 1.82) is 0 Å². The molecule has 1 saturated carbocycles. The standard InChI is InChI=1S/C16H21NO4/c18-10-12-3-1-2-11(8-12)9-17-15(19)13-4-6-14(7-5-13)16(20)21/h1-3,8,13-14,18H,4-7,9-10H2,(H,17,19)(H,20,21). The number of benzene rings is 1. The van der Waals surface area contributed by atoms with Crippen molar-refractivity contribution in [3.8, 4) is 0 Å². The van der Waals surface area contributed by atoms with Crippen molar-refractivity contribution in [1.82, 2.24) is 5.32 Å². The van der Waals surface area contributed by atoms with Gasteiger partial charge in [-0.2, -0.15) is 0 Å². The van der Waals surface area contributed by atoms with E-state index in [0.717, 1.165) is 11.1 Å². The normalized spacial score (nSPS) is 21.8. The van der Waals surface area contributed by atoms with Crippen LogP contribution in [-0.4, -0.2) is 22.1 Å². The van der Waals surface area contributed by atoms with Gasteiger partial charge in [0.05, 0.1) is 12.5 Å². The zero-order valence-corrected chi connectivity index (χ0v) is 11.9. The van der Waals surface area contributed by atoms with Crippen molar-refractivity contribution in [2.24, 2.45) is 11.8 Å². The van der Waals surface area contributed by atoms with Crippen molar-refractivity contribution in [2.45, 2.75) is 38.8 Å². The first kappa shape index (κ1) is 15.5. The molecule has 5 heteroatoms. The number of carbonyl (C=O) groups excluding carboxylic acids is 1. The molecular formula is C16H21NO4. The van der Waals surface area contributed by atoms with E-state index < -0.39 is 5.97 Å². The number of carboxylic acids is 1. The molecule has 1 fully saturated rings. The summed E-state index contributed by atoms with van der Waals surface area (Å²) >= 11 is 0. The predicted molar refractivity (Wildman–Crippen MR) is 77.3 cm³/mol. The number of carboxylic acid groups (broad SMARTS) is 1. The Morgan fingerprint density at radius 2 is 1.71 bits per heavy atom. The summed E-state index contributed by atoms with van der Waals surface area (Å²) in [6.45, 7) is 0.423. The maximum absolute atomic E-state index is 12.1. The third-order valence-corrected chi connectivity index (χ3v) is 4.09. The third-order valence-electron chi connectivity index (χ3n) is 4.09. The SMILES string of the molecule is O=C(O)C1CCC(C(=O)NCc2cccc(CO)c2)CC1. The summed E-state index contributed by atoms with van der Waals surface area (Å²) in [6, 6.07) is 7.45. The highest BCUT2D eigenvalue weighted by atomic mass is 16.4. The second-order valence-electron chi connectivity index (χ2n) is 5.58. The summed E-state index contributed by atoms with van der Waals surface area (Å²) in [5.41, 5.74) is 1.78. The van der Waals surface area contributed by atoms with Gasteiger partial charge in [-0.05, 0) is 36.8 Å². The smallest absolute Gasteiger partial charge is 0.306 e. The molecule has 0 aliphatic heterocycles. The zero-order chi connectivity index (χ0) is 15.2. The maximum Gasteiger partial charge on any atom is 0.306 e. The van der Waals surface area contributed by atoms with E-state index in [4.69, 9.17) is 10.2 Å². The van der Waals surface area contributed by atoms with E-state index in [1.54, 1.807) is 0 Å². The van der Waals surface area contributed by atoms with Gasteiger partial charge in [-0.1, -0.05) is 24.3 Å². The Hall–Kier alpha value is -1.88. The molecular weight excluding hydrogens is 270 g/mol. The highest BCUT2D eigenvalue weighted by molar-refractivity contribution is 5.79. The van der Waals surface area contributed by atoms with Gasteiger partial charge in [-0.15, -0.1) is 0 Å². The molecule has 0 bridgehead atoms. The molecule has 3 N–H and O–H groups in total. The maximum atomic E-state index is 12.1. The number of aliphatic hydroxyl groups excluding tert-OH is 1. The Bertz CT molecular complexity index is 507. The quantitative estimate of drug-likeness (QED) is 0.770. The minimum atomic E-state index is -0.755. The predicted octanol–water partition coefficient (Wildman–Crippen LogP) is 1.69. The molecule has 5 nitrogen and oxygen atoms in total. The van der Waals surface area contributed by atoms with Crippen LogP contribution >= 0.6 is 0 Å². The number of aliphatic hydroxyl groups is 1. The second kappa shape index (κ2) is 7.22. The molecule has 0 atom stereocenters. The number of hydrogen-bond acceptors (Lipinski definition) is 3. The van der Waals surface area contributed by atoms with Crippen LogP contribution in [0.2, 0.25) is 0 Å². The van der Waals surface area contributed by atoms with E-state index in [-0.39, 0.29) is 24.3 Å². The molecule has 114 valence electrons. The van der Waals surface area contributed by atoms with Gasteiger partial charge >= 0.3 is 5.97 Å². The number of amides is 1. The van der Waals surface area contributed by atoms with E-state index in [0.29, 0.717) is 32.2 Å².